The topological polar surface area (TPSA) is 59.8 Å². The summed E-state index contributed by atoms with van der Waals surface area (Å²) in [6.45, 7) is 2.67. The Balaban J connectivity index is 1.45. The van der Waals surface area contributed by atoms with Gasteiger partial charge in [0.1, 0.15) is 6.33 Å². The number of carbonyl (C=O) groups is 1. The molecule has 26 heavy (non-hydrogen) atoms. The van der Waals surface area contributed by atoms with E-state index < -0.39 is 0 Å². The number of halogens is 1. The molecule has 0 aliphatic heterocycles. The first-order valence-electron chi connectivity index (χ1n) is 8.15. The third kappa shape index (κ3) is 5.71. The van der Waals surface area contributed by atoms with E-state index in [1.54, 1.807) is 22.8 Å². The van der Waals surface area contributed by atoms with Crippen LogP contribution in [0.3, 0.4) is 0 Å². The molecule has 1 N–H and O–H groups in total. The zero-order chi connectivity index (χ0) is 18.4. The molecule has 1 amide bonds. The number of aryl methyl sites for hydroxylation is 1. The minimum absolute atomic E-state index is 0.0940. The highest BCUT2D eigenvalue weighted by molar-refractivity contribution is 9.10. The van der Waals surface area contributed by atoms with Crippen LogP contribution in [0.5, 0.6) is 0 Å². The molecule has 0 spiro atoms. The predicted molar refractivity (Wildman–Crippen MR) is 109 cm³/mol. The standard InChI is InChI=1S/C19H19BrN4OS/c1-14-2-4-16(5-3-14)11-26-12-18(25)22-19-21-13-24(23-19)10-15-6-8-17(20)9-7-15/h2-9,13H,10-12H2,1H3,(H,22,23,25). The third-order valence-corrected chi connectivity index (χ3v) is 5.20. The quantitative estimate of drug-likeness (QED) is 0.607. The van der Waals surface area contributed by atoms with Gasteiger partial charge < -0.3 is 0 Å². The normalized spacial score (nSPS) is 10.7. The Bertz CT molecular complexity index is 862. The van der Waals surface area contributed by atoms with Crippen molar-refractivity contribution in [3.63, 3.8) is 0 Å². The molecule has 3 aromatic rings. The van der Waals surface area contributed by atoms with Gasteiger partial charge in [-0.15, -0.1) is 16.9 Å². The number of carbonyl (C=O) groups excluding carboxylic acids is 1. The number of anilines is 1. The van der Waals surface area contributed by atoms with Crippen LogP contribution in [0.15, 0.2) is 59.3 Å². The molecule has 1 heterocycles. The van der Waals surface area contributed by atoms with E-state index in [9.17, 15) is 4.79 Å². The summed E-state index contributed by atoms with van der Waals surface area (Å²) < 4.78 is 2.74. The van der Waals surface area contributed by atoms with Crippen LogP contribution in [0.2, 0.25) is 0 Å². The minimum Gasteiger partial charge on any atom is -0.293 e. The molecule has 5 nitrogen and oxygen atoms in total. The van der Waals surface area contributed by atoms with E-state index in [-0.39, 0.29) is 5.91 Å². The van der Waals surface area contributed by atoms with Crippen molar-refractivity contribution < 1.29 is 4.79 Å². The lowest BCUT2D eigenvalue weighted by Gasteiger charge is -2.03. The largest absolute Gasteiger partial charge is 0.293 e. The van der Waals surface area contributed by atoms with Gasteiger partial charge in [-0.2, -0.15) is 0 Å². The molecule has 0 saturated carbocycles. The first kappa shape index (κ1) is 18.7. The van der Waals surface area contributed by atoms with Crippen LogP contribution >= 0.6 is 27.7 Å². The second-order valence-corrected chi connectivity index (χ2v) is 7.82. The van der Waals surface area contributed by atoms with Gasteiger partial charge in [-0.1, -0.05) is 57.9 Å². The van der Waals surface area contributed by atoms with E-state index in [2.05, 4.69) is 62.5 Å². The predicted octanol–water partition coefficient (Wildman–Crippen LogP) is 4.27. The lowest BCUT2D eigenvalue weighted by atomic mass is 10.2. The average Bonchev–Trinajstić information content (AvgIpc) is 3.05. The Labute approximate surface area is 165 Å². The number of aromatic nitrogens is 3. The summed E-state index contributed by atoms with van der Waals surface area (Å²) in [6.07, 6.45) is 1.62. The number of benzene rings is 2. The maximum absolute atomic E-state index is 12.0. The van der Waals surface area contributed by atoms with Gasteiger partial charge >= 0.3 is 0 Å². The van der Waals surface area contributed by atoms with E-state index in [1.165, 1.54) is 11.1 Å². The number of hydrogen-bond donors (Lipinski definition) is 1. The van der Waals surface area contributed by atoms with Crippen LogP contribution in [0.25, 0.3) is 0 Å². The monoisotopic (exact) mass is 430 g/mol. The molecule has 0 aliphatic carbocycles. The Kier molecular flexibility index (Phi) is 6.46. The molecule has 134 valence electrons. The van der Waals surface area contributed by atoms with E-state index in [0.717, 1.165) is 15.8 Å². The van der Waals surface area contributed by atoms with Gasteiger partial charge in [0.05, 0.1) is 12.3 Å². The van der Waals surface area contributed by atoms with Crippen molar-refractivity contribution in [3.8, 4) is 0 Å². The first-order valence-corrected chi connectivity index (χ1v) is 10.1. The maximum Gasteiger partial charge on any atom is 0.248 e. The Morgan fingerprint density at radius 1 is 1.12 bits per heavy atom. The third-order valence-electron chi connectivity index (χ3n) is 3.67. The zero-order valence-electron chi connectivity index (χ0n) is 14.4. The molecule has 0 aliphatic rings. The number of hydrogen-bond acceptors (Lipinski definition) is 4. The van der Waals surface area contributed by atoms with Crippen LogP contribution in [0, 0.1) is 6.92 Å². The number of rotatable bonds is 7. The van der Waals surface area contributed by atoms with Gasteiger partial charge in [0.15, 0.2) is 0 Å². The fraction of sp³-hybridized carbons (Fsp3) is 0.211. The summed E-state index contributed by atoms with van der Waals surface area (Å²) in [5.41, 5.74) is 3.57. The first-order chi connectivity index (χ1) is 12.6. The molecule has 2 aromatic carbocycles. The van der Waals surface area contributed by atoms with E-state index in [4.69, 9.17) is 0 Å². The number of thioether (sulfide) groups is 1. The van der Waals surface area contributed by atoms with Gasteiger partial charge in [0.2, 0.25) is 11.9 Å². The summed E-state index contributed by atoms with van der Waals surface area (Å²) in [7, 11) is 0. The highest BCUT2D eigenvalue weighted by Gasteiger charge is 2.07. The molecule has 1 aromatic heterocycles. The maximum atomic E-state index is 12.0. The van der Waals surface area contributed by atoms with Crippen LogP contribution in [0.4, 0.5) is 5.95 Å². The van der Waals surface area contributed by atoms with Crippen LogP contribution in [-0.4, -0.2) is 26.4 Å². The fourth-order valence-electron chi connectivity index (χ4n) is 2.31. The summed E-state index contributed by atoms with van der Waals surface area (Å²) in [6, 6.07) is 16.4. The van der Waals surface area contributed by atoms with Gasteiger partial charge in [0.25, 0.3) is 0 Å². The van der Waals surface area contributed by atoms with Crippen LogP contribution < -0.4 is 5.32 Å². The Hall–Kier alpha value is -2.12. The molecule has 0 radical (unpaired) electrons. The smallest absolute Gasteiger partial charge is 0.248 e. The second kappa shape index (κ2) is 9.00. The van der Waals surface area contributed by atoms with Crippen molar-refractivity contribution in [1.82, 2.24) is 14.8 Å². The fourth-order valence-corrected chi connectivity index (χ4v) is 3.36. The van der Waals surface area contributed by atoms with E-state index >= 15 is 0 Å². The van der Waals surface area contributed by atoms with Gasteiger partial charge in [0, 0.05) is 10.2 Å². The van der Waals surface area contributed by atoms with Crippen LogP contribution in [-0.2, 0) is 17.1 Å². The molecule has 0 fully saturated rings. The second-order valence-electron chi connectivity index (χ2n) is 5.92. The lowest BCUT2D eigenvalue weighted by Crippen LogP contribution is -2.15. The SMILES string of the molecule is Cc1ccc(CSCC(=O)Nc2ncn(Cc3ccc(Br)cc3)n2)cc1. The molecule has 7 heteroatoms. The van der Waals surface area contributed by atoms with Gasteiger partial charge in [-0.05, 0) is 30.2 Å². The van der Waals surface area contributed by atoms with Crippen molar-refractivity contribution in [2.45, 2.75) is 19.2 Å². The van der Waals surface area contributed by atoms with Crippen molar-refractivity contribution in [2.75, 3.05) is 11.1 Å². The minimum atomic E-state index is -0.0940. The molecular formula is C19H19BrN4OS. The molecule has 0 bridgehead atoms. The molecule has 0 unspecified atom stereocenters. The Morgan fingerprint density at radius 2 is 1.81 bits per heavy atom. The van der Waals surface area contributed by atoms with E-state index in [1.807, 2.05) is 24.3 Å². The average molecular weight is 431 g/mol. The van der Waals surface area contributed by atoms with Crippen molar-refractivity contribution in [3.05, 3.63) is 76.0 Å². The molecule has 3 rings (SSSR count). The summed E-state index contributed by atoms with van der Waals surface area (Å²) >= 11 is 4.99. The molecule has 0 saturated heterocycles. The number of nitrogens with zero attached hydrogens (tertiary/aromatic N) is 3. The van der Waals surface area contributed by atoms with Gasteiger partial charge in [-0.25, -0.2) is 9.67 Å². The van der Waals surface area contributed by atoms with E-state index in [0.29, 0.717) is 18.2 Å². The molecule has 0 atom stereocenters. The summed E-state index contributed by atoms with van der Waals surface area (Å²) in [4.78, 5) is 16.2. The Morgan fingerprint density at radius 3 is 2.54 bits per heavy atom. The summed E-state index contributed by atoms with van der Waals surface area (Å²) in [5.74, 6) is 1.42. The highest BCUT2D eigenvalue weighted by atomic mass is 79.9. The van der Waals surface area contributed by atoms with Crippen molar-refractivity contribution in [1.29, 1.82) is 0 Å². The van der Waals surface area contributed by atoms with Gasteiger partial charge in [-0.3, -0.25) is 10.1 Å². The zero-order valence-corrected chi connectivity index (χ0v) is 16.8. The number of nitrogens with one attached hydrogen (secondary N) is 1. The van der Waals surface area contributed by atoms with Crippen molar-refractivity contribution in [2.24, 2.45) is 0 Å². The number of amides is 1. The van der Waals surface area contributed by atoms with Crippen molar-refractivity contribution >= 4 is 39.5 Å². The highest BCUT2D eigenvalue weighted by Crippen LogP contribution is 2.14. The summed E-state index contributed by atoms with van der Waals surface area (Å²) in [5, 5.41) is 7.04. The molecular weight excluding hydrogens is 412 g/mol. The lowest BCUT2D eigenvalue weighted by molar-refractivity contribution is -0.113. The van der Waals surface area contributed by atoms with Crippen LogP contribution in [0.1, 0.15) is 16.7 Å².